The van der Waals surface area contributed by atoms with Gasteiger partial charge in [0.25, 0.3) is 0 Å². The van der Waals surface area contributed by atoms with Crippen LogP contribution in [0.1, 0.15) is 40.0 Å². The zero-order valence-corrected chi connectivity index (χ0v) is 11.0. The number of hydrogen-bond donors (Lipinski definition) is 1. The molecule has 98 valence electrons. The summed E-state index contributed by atoms with van der Waals surface area (Å²) < 4.78 is 0. The van der Waals surface area contributed by atoms with E-state index in [-0.39, 0.29) is 18.1 Å². The Labute approximate surface area is 102 Å². The van der Waals surface area contributed by atoms with Crippen LogP contribution in [0.5, 0.6) is 0 Å². The van der Waals surface area contributed by atoms with Crippen LogP contribution in [0, 0.1) is 0 Å². The van der Waals surface area contributed by atoms with Crippen LogP contribution in [-0.4, -0.2) is 52.1 Å². The molecule has 1 aliphatic rings. The van der Waals surface area contributed by atoms with Crippen molar-refractivity contribution in [3.8, 4) is 0 Å². The lowest BCUT2D eigenvalue weighted by molar-refractivity contribution is -0.141. The summed E-state index contributed by atoms with van der Waals surface area (Å²) in [4.78, 5) is 26.2. The second-order valence-electron chi connectivity index (χ2n) is 4.94. The van der Waals surface area contributed by atoms with Crippen LogP contribution in [0.15, 0.2) is 0 Å². The molecule has 0 aromatic rings. The summed E-state index contributed by atoms with van der Waals surface area (Å²) in [6.07, 6.45) is 3.11. The van der Waals surface area contributed by atoms with Crippen LogP contribution in [-0.2, 0) is 4.79 Å². The number of carbonyl (C=O) groups excluding carboxylic acids is 1. The number of rotatable bonds is 2. The minimum Gasteiger partial charge on any atom is -0.480 e. The number of carbonyl (C=O) groups is 2. The molecule has 0 bridgehead atoms. The van der Waals surface area contributed by atoms with E-state index in [9.17, 15) is 9.59 Å². The van der Waals surface area contributed by atoms with E-state index < -0.39 is 12.0 Å². The zero-order valence-electron chi connectivity index (χ0n) is 11.0. The number of urea groups is 1. The molecule has 0 aromatic carbocycles. The number of carboxylic acid groups (broad SMARTS) is 1. The molecule has 1 N–H and O–H groups in total. The Morgan fingerprint density at radius 2 is 1.76 bits per heavy atom. The predicted molar refractivity (Wildman–Crippen MR) is 64.9 cm³/mol. The number of aliphatic carboxylic acids is 1. The Morgan fingerprint density at radius 1 is 1.29 bits per heavy atom. The van der Waals surface area contributed by atoms with Gasteiger partial charge >= 0.3 is 12.0 Å². The van der Waals surface area contributed by atoms with E-state index in [1.54, 1.807) is 7.05 Å². The summed E-state index contributed by atoms with van der Waals surface area (Å²) in [6, 6.07) is -0.590. The van der Waals surface area contributed by atoms with Gasteiger partial charge in [0.1, 0.15) is 6.04 Å². The van der Waals surface area contributed by atoms with Gasteiger partial charge in [-0.15, -0.1) is 0 Å². The van der Waals surface area contributed by atoms with Crippen molar-refractivity contribution in [2.24, 2.45) is 0 Å². The molecule has 0 radical (unpaired) electrons. The molecule has 0 spiro atoms. The minimum absolute atomic E-state index is 0.181. The molecule has 1 saturated heterocycles. The van der Waals surface area contributed by atoms with Crippen LogP contribution in [0.4, 0.5) is 4.79 Å². The first kappa shape index (κ1) is 13.8. The molecule has 17 heavy (non-hydrogen) atoms. The molecule has 1 fully saturated rings. The average molecular weight is 242 g/mol. The quantitative estimate of drug-likeness (QED) is 0.802. The standard InChI is InChI=1S/C12H22N2O3/c1-8-6-5-7-9(2)14(8)12(17)13(4)10(3)11(15)16/h8-10H,5-7H2,1-4H3,(H,15,16)/t8-,9+,10?. The van der Waals surface area contributed by atoms with Gasteiger partial charge in [-0.3, -0.25) is 0 Å². The fourth-order valence-electron chi connectivity index (χ4n) is 2.31. The summed E-state index contributed by atoms with van der Waals surface area (Å²) in [7, 11) is 1.55. The minimum atomic E-state index is -0.974. The fourth-order valence-corrected chi connectivity index (χ4v) is 2.31. The van der Waals surface area contributed by atoms with Gasteiger partial charge < -0.3 is 14.9 Å². The third kappa shape index (κ3) is 2.90. The van der Waals surface area contributed by atoms with Crippen LogP contribution in [0.25, 0.3) is 0 Å². The van der Waals surface area contributed by atoms with Gasteiger partial charge in [-0.05, 0) is 40.0 Å². The highest BCUT2D eigenvalue weighted by Gasteiger charge is 2.33. The third-order valence-corrected chi connectivity index (χ3v) is 3.65. The lowest BCUT2D eigenvalue weighted by Gasteiger charge is -2.41. The number of hydrogen-bond acceptors (Lipinski definition) is 2. The topological polar surface area (TPSA) is 60.9 Å². The van der Waals surface area contributed by atoms with E-state index in [0.717, 1.165) is 19.3 Å². The zero-order chi connectivity index (χ0) is 13.2. The fraction of sp³-hybridized carbons (Fsp3) is 0.833. The van der Waals surface area contributed by atoms with Gasteiger partial charge in [0.15, 0.2) is 0 Å². The van der Waals surface area contributed by atoms with Gasteiger partial charge in [-0.1, -0.05) is 0 Å². The molecule has 1 aliphatic heterocycles. The summed E-state index contributed by atoms with van der Waals surface area (Å²) in [5.41, 5.74) is 0. The van der Waals surface area contributed by atoms with Crippen molar-refractivity contribution in [1.29, 1.82) is 0 Å². The number of piperidine rings is 1. The van der Waals surface area contributed by atoms with Crippen LogP contribution in [0.3, 0.4) is 0 Å². The first-order valence-corrected chi connectivity index (χ1v) is 6.14. The Bertz CT molecular complexity index is 296. The Morgan fingerprint density at radius 3 is 2.18 bits per heavy atom. The third-order valence-electron chi connectivity index (χ3n) is 3.65. The van der Waals surface area contributed by atoms with Crippen molar-refractivity contribution in [2.75, 3.05) is 7.05 Å². The van der Waals surface area contributed by atoms with E-state index in [0.29, 0.717) is 0 Å². The molecule has 0 saturated carbocycles. The monoisotopic (exact) mass is 242 g/mol. The van der Waals surface area contributed by atoms with Gasteiger partial charge in [-0.25, -0.2) is 9.59 Å². The Balaban J connectivity index is 2.76. The maximum atomic E-state index is 12.3. The van der Waals surface area contributed by atoms with Gasteiger partial charge in [0.05, 0.1) is 0 Å². The van der Waals surface area contributed by atoms with E-state index >= 15 is 0 Å². The molecular formula is C12H22N2O3. The Hall–Kier alpha value is -1.26. The highest BCUT2D eigenvalue weighted by atomic mass is 16.4. The highest BCUT2D eigenvalue weighted by Crippen LogP contribution is 2.24. The maximum Gasteiger partial charge on any atom is 0.326 e. The van der Waals surface area contributed by atoms with Gasteiger partial charge in [-0.2, -0.15) is 0 Å². The summed E-state index contributed by atoms with van der Waals surface area (Å²) in [5, 5.41) is 8.92. The summed E-state index contributed by atoms with van der Waals surface area (Å²) in [5.74, 6) is -0.974. The normalized spacial score (nSPS) is 26.5. The first-order valence-electron chi connectivity index (χ1n) is 6.14. The van der Waals surface area contributed by atoms with Crippen molar-refractivity contribution in [1.82, 2.24) is 9.80 Å². The lowest BCUT2D eigenvalue weighted by atomic mass is 9.98. The van der Waals surface area contributed by atoms with E-state index in [1.807, 2.05) is 18.7 Å². The maximum absolute atomic E-state index is 12.3. The van der Waals surface area contributed by atoms with E-state index in [2.05, 4.69) is 0 Å². The molecule has 0 aromatic heterocycles. The number of likely N-dealkylation sites (N-methyl/N-ethyl adjacent to an activating group) is 1. The molecule has 5 nitrogen and oxygen atoms in total. The molecule has 5 heteroatoms. The summed E-state index contributed by atoms with van der Waals surface area (Å²) in [6.45, 7) is 5.57. The van der Waals surface area contributed by atoms with E-state index in [4.69, 9.17) is 5.11 Å². The van der Waals surface area contributed by atoms with Crippen LogP contribution in [0.2, 0.25) is 0 Å². The molecule has 1 unspecified atom stereocenters. The van der Waals surface area contributed by atoms with Crippen molar-refractivity contribution in [2.45, 2.75) is 58.2 Å². The van der Waals surface area contributed by atoms with Gasteiger partial charge in [0.2, 0.25) is 0 Å². The predicted octanol–water partition coefficient (Wildman–Crippen LogP) is 1.77. The number of carboxylic acids is 1. The highest BCUT2D eigenvalue weighted by molar-refractivity contribution is 5.82. The molecule has 1 rings (SSSR count). The van der Waals surface area contributed by atoms with E-state index in [1.165, 1.54) is 11.8 Å². The SMILES string of the molecule is CC(C(=O)O)N(C)C(=O)N1[C@H](C)CCC[C@@H]1C. The lowest BCUT2D eigenvalue weighted by Crippen LogP contribution is -2.55. The van der Waals surface area contributed by atoms with Crippen molar-refractivity contribution in [3.63, 3.8) is 0 Å². The smallest absolute Gasteiger partial charge is 0.326 e. The number of nitrogens with zero attached hydrogens (tertiary/aromatic N) is 2. The molecule has 2 amide bonds. The second-order valence-corrected chi connectivity index (χ2v) is 4.94. The van der Waals surface area contributed by atoms with Crippen LogP contribution >= 0.6 is 0 Å². The van der Waals surface area contributed by atoms with Gasteiger partial charge in [0, 0.05) is 19.1 Å². The largest absolute Gasteiger partial charge is 0.480 e. The van der Waals surface area contributed by atoms with Crippen LogP contribution < -0.4 is 0 Å². The molecule has 1 heterocycles. The molecule has 3 atom stereocenters. The number of amides is 2. The molecular weight excluding hydrogens is 220 g/mol. The number of likely N-dealkylation sites (tertiary alicyclic amines) is 1. The molecule has 0 aliphatic carbocycles. The first-order chi connectivity index (χ1) is 7.86. The summed E-state index contributed by atoms with van der Waals surface area (Å²) >= 11 is 0. The second kappa shape index (κ2) is 5.38. The van der Waals surface area contributed by atoms with Crippen molar-refractivity contribution in [3.05, 3.63) is 0 Å². The Kier molecular flexibility index (Phi) is 4.37. The van der Waals surface area contributed by atoms with Crippen molar-refractivity contribution >= 4 is 12.0 Å². The average Bonchev–Trinajstić information content (AvgIpc) is 2.26. The van der Waals surface area contributed by atoms with Crippen molar-refractivity contribution < 1.29 is 14.7 Å².